The molecule has 104 valence electrons. The summed E-state index contributed by atoms with van der Waals surface area (Å²) < 4.78 is 41.7. The maximum atomic E-state index is 12.4. The van der Waals surface area contributed by atoms with Crippen molar-refractivity contribution in [2.45, 2.75) is 6.18 Å². The van der Waals surface area contributed by atoms with Crippen LogP contribution in [0.15, 0.2) is 48.5 Å². The number of hydrogen-bond acceptors (Lipinski definition) is 2. The molecule has 6 heteroatoms. The van der Waals surface area contributed by atoms with Crippen LogP contribution < -0.4 is 4.74 Å². The summed E-state index contributed by atoms with van der Waals surface area (Å²) in [7, 11) is 0. The number of hydrogen-bond donors (Lipinski definition) is 1. The second-order valence-electron chi connectivity index (χ2n) is 3.97. The van der Waals surface area contributed by atoms with Crippen LogP contribution in [-0.2, 0) is 6.18 Å². The Kier molecular flexibility index (Phi) is 3.65. The normalized spacial score (nSPS) is 11.2. The van der Waals surface area contributed by atoms with Gasteiger partial charge >= 0.3 is 12.3 Å². The maximum Gasteiger partial charge on any atom is 0.511 e. The third-order valence-corrected chi connectivity index (χ3v) is 2.61. The minimum atomic E-state index is -4.36. The first kappa shape index (κ1) is 13.9. The summed E-state index contributed by atoms with van der Waals surface area (Å²) in [4.78, 5) is 10.3. The van der Waals surface area contributed by atoms with Crippen LogP contribution in [0.2, 0.25) is 0 Å². The van der Waals surface area contributed by atoms with E-state index in [-0.39, 0.29) is 5.75 Å². The summed E-state index contributed by atoms with van der Waals surface area (Å²) in [6, 6.07) is 10.7. The average Bonchev–Trinajstić information content (AvgIpc) is 2.38. The topological polar surface area (TPSA) is 46.5 Å². The first-order valence-corrected chi connectivity index (χ1v) is 5.55. The highest BCUT2D eigenvalue weighted by molar-refractivity contribution is 5.66. The first-order chi connectivity index (χ1) is 9.36. The minimum absolute atomic E-state index is 0.146. The predicted octanol–water partition coefficient (Wildman–Crippen LogP) is 4.43. The van der Waals surface area contributed by atoms with Crippen LogP contribution in [-0.4, -0.2) is 11.3 Å². The molecule has 0 bridgehead atoms. The SMILES string of the molecule is O=C(O)Oc1ccc(-c2ccc(C(F)(F)F)cc2)cc1. The summed E-state index contributed by atoms with van der Waals surface area (Å²) in [5.41, 5.74) is 0.545. The summed E-state index contributed by atoms with van der Waals surface area (Å²) >= 11 is 0. The molecule has 0 radical (unpaired) electrons. The van der Waals surface area contributed by atoms with Crippen molar-refractivity contribution < 1.29 is 27.8 Å². The molecule has 2 aromatic rings. The predicted molar refractivity (Wildman–Crippen MR) is 65.5 cm³/mol. The van der Waals surface area contributed by atoms with Gasteiger partial charge in [0.15, 0.2) is 0 Å². The molecule has 0 saturated carbocycles. The Morgan fingerprint density at radius 1 is 0.900 bits per heavy atom. The molecule has 20 heavy (non-hydrogen) atoms. The molecule has 0 amide bonds. The first-order valence-electron chi connectivity index (χ1n) is 5.55. The van der Waals surface area contributed by atoms with Gasteiger partial charge in [-0.05, 0) is 35.4 Å². The van der Waals surface area contributed by atoms with E-state index in [2.05, 4.69) is 4.74 Å². The van der Waals surface area contributed by atoms with Gasteiger partial charge in [-0.1, -0.05) is 24.3 Å². The Labute approximate surface area is 112 Å². The fourth-order valence-electron chi connectivity index (χ4n) is 1.67. The van der Waals surface area contributed by atoms with Crippen LogP contribution in [0, 0.1) is 0 Å². The summed E-state index contributed by atoms with van der Waals surface area (Å²) in [6.07, 6.45) is -5.79. The van der Waals surface area contributed by atoms with Crippen molar-refractivity contribution in [1.29, 1.82) is 0 Å². The van der Waals surface area contributed by atoms with Gasteiger partial charge in [0.05, 0.1) is 5.56 Å². The van der Waals surface area contributed by atoms with Crippen LogP contribution in [0.4, 0.5) is 18.0 Å². The van der Waals surface area contributed by atoms with Crippen molar-refractivity contribution in [1.82, 2.24) is 0 Å². The standard InChI is InChI=1S/C14H9F3O3/c15-14(16,17)11-5-1-9(2-6-11)10-3-7-12(8-4-10)20-13(18)19/h1-8H,(H,18,19). The van der Waals surface area contributed by atoms with Crippen LogP contribution in [0.3, 0.4) is 0 Å². The molecule has 0 spiro atoms. The van der Waals surface area contributed by atoms with Gasteiger partial charge in [0.2, 0.25) is 0 Å². The zero-order chi connectivity index (χ0) is 14.8. The monoisotopic (exact) mass is 282 g/mol. The highest BCUT2D eigenvalue weighted by Crippen LogP contribution is 2.31. The van der Waals surface area contributed by atoms with Gasteiger partial charge in [0, 0.05) is 0 Å². The third-order valence-electron chi connectivity index (χ3n) is 2.61. The Morgan fingerprint density at radius 3 is 1.75 bits per heavy atom. The molecule has 3 nitrogen and oxygen atoms in total. The second-order valence-corrected chi connectivity index (χ2v) is 3.97. The van der Waals surface area contributed by atoms with Gasteiger partial charge in [-0.2, -0.15) is 13.2 Å². The number of ether oxygens (including phenoxy) is 1. The highest BCUT2D eigenvalue weighted by Gasteiger charge is 2.29. The molecule has 1 N–H and O–H groups in total. The molecule has 0 aliphatic carbocycles. The van der Waals surface area contributed by atoms with Crippen LogP contribution in [0.5, 0.6) is 5.75 Å². The third kappa shape index (κ3) is 3.28. The van der Waals surface area contributed by atoms with Gasteiger partial charge in [-0.15, -0.1) is 0 Å². The molecule has 0 saturated heterocycles. The fraction of sp³-hybridized carbons (Fsp3) is 0.0714. The van der Waals surface area contributed by atoms with Crippen molar-refractivity contribution in [3.63, 3.8) is 0 Å². The van der Waals surface area contributed by atoms with E-state index in [0.717, 1.165) is 12.1 Å². The highest BCUT2D eigenvalue weighted by atomic mass is 19.4. The molecule has 0 heterocycles. The Balaban J connectivity index is 2.21. The number of carboxylic acid groups (broad SMARTS) is 1. The lowest BCUT2D eigenvalue weighted by Crippen LogP contribution is -2.04. The van der Waals surface area contributed by atoms with Gasteiger partial charge in [0.25, 0.3) is 0 Å². The zero-order valence-electron chi connectivity index (χ0n) is 10.0. The van der Waals surface area contributed by atoms with Crippen molar-refractivity contribution in [2.24, 2.45) is 0 Å². The van der Waals surface area contributed by atoms with Crippen molar-refractivity contribution in [3.05, 3.63) is 54.1 Å². The second kappa shape index (κ2) is 5.24. The number of rotatable bonds is 2. The lowest BCUT2D eigenvalue weighted by Gasteiger charge is -2.08. The minimum Gasteiger partial charge on any atom is -0.449 e. The van der Waals surface area contributed by atoms with Crippen LogP contribution >= 0.6 is 0 Å². The number of benzene rings is 2. The summed E-state index contributed by atoms with van der Waals surface area (Å²) in [5, 5.41) is 8.43. The van der Waals surface area contributed by atoms with E-state index < -0.39 is 17.9 Å². The molecule has 0 atom stereocenters. The molecule has 0 fully saturated rings. The smallest absolute Gasteiger partial charge is 0.449 e. The molecule has 0 aliphatic rings. The number of halogens is 3. The Bertz CT molecular complexity index is 601. The van der Waals surface area contributed by atoms with E-state index in [1.165, 1.54) is 24.3 Å². The van der Waals surface area contributed by atoms with Gasteiger partial charge in [0.1, 0.15) is 5.75 Å². The van der Waals surface area contributed by atoms with Crippen molar-refractivity contribution >= 4 is 6.16 Å². The van der Waals surface area contributed by atoms with E-state index in [1.807, 2.05) is 0 Å². The summed E-state index contributed by atoms with van der Waals surface area (Å²) in [5.74, 6) is 0.146. The summed E-state index contributed by atoms with van der Waals surface area (Å²) in [6.45, 7) is 0. The zero-order valence-corrected chi connectivity index (χ0v) is 10.0. The van der Waals surface area contributed by atoms with E-state index in [0.29, 0.717) is 11.1 Å². The fourth-order valence-corrected chi connectivity index (χ4v) is 1.67. The van der Waals surface area contributed by atoms with Crippen LogP contribution in [0.25, 0.3) is 11.1 Å². The van der Waals surface area contributed by atoms with E-state index >= 15 is 0 Å². The largest absolute Gasteiger partial charge is 0.511 e. The molecule has 2 rings (SSSR count). The van der Waals surface area contributed by atoms with E-state index in [9.17, 15) is 18.0 Å². The van der Waals surface area contributed by atoms with Gasteiger partial charge < -0.3 is 9.84 Å². The molecule has 0 aromatic heterocycles. The molecule has 0 aliphatic heterocycles. The number of carbonyl (C=O) groups is 1. The molecule has 0 unspecified atom stereocenters. The maximum absolute atomic E-state index is 12.4. The lowest BCUT2D eigenvalue weighted by molar-refractivity contribution is -0.137. The van der Waals surface area contributed by atoms with Crippen molar-refractivity contribution in [2.75, 3.05) is 0 Å². The Morgan fingerprint density at radius 2 is 1.35 bits per heavy atom. The Hall–Kier alpha value is -2.50. The lowest BCUT2D eigenvalue weighted by atomic mass is 10.0. The quantitative estimate of drug-likeness (QED) is 0.654. The van der Waals surface area contributed by atoms with Crippen molar-refractivity contribution in [3.8, 4) is 16.9 Å². The van der Waals surface area contributed by atoms with E-state index in [1.54, 1.807) is 12.1 Å². The molecular formula is C14H9F3O3. The number of alkyl halides is 3. The molecular weight excluding hydrogens is 273 g/mol. The van der Waals surface area contributed by atoms with Gasteiger partial charge in [-0.3, -0.25) is 0 Å². The van der Waals surface area contributed by atoms with Crippen LogP contribution in [0.1, 0.15) is 5.56 Å². The average molecular weight is 282 g/mol. The van der Waals surface area contributed by atoms with E-state index in [4.69, 9.17) is 5.11 Å². The van der Waals surface area contributed by atoms with Gasteiger partial charge in [-0.25, -0.2) is 4.79 Å². The molecule has 2 aromatic carbocycles.